The van der Waals surface area contributed by atoms with E-state index in [-0.39, 0.29) is 5.91 Å². The molecule has 0 fully saturated rings. The maximum Gasteiger partial charge on any atom is 0.220 e. The van der Waals surface area contributed by atoms with E-state index in [1.807, 2.05) is 13.2 Å². The van der Waals surface area contributed by atoms with Crippen molar-refractivity contribution in [3.8, 4) is 0 Å². The monoisotopic (exact) mass is 266 g/mol. The summed E-state index contributed by atoms with van der Waals surface area (Å²) in [5.41, 5.74) is 7.60. The zero-order chi connectivity index (χ0) is 14.1. The van der Waals surface area contributed by atoms with Gasteiger partial charge in [-0.2, -0.15) is 5.10 Å². The number of hydrogen-bond donors (Lipinski definition) is 2. The summed E-state index contributed by atoms with van der Waals surface area (Å²) in [6.45, 7) is 3.40. The van der Waals surface area contributed by atoms with Gasteiger partial charge in [0.1, 0.15) is 0 Å². The van der Waals surface area contributed by atoms with Gasteiger partial charge < -0.3 is 11.1 Å². The van der Waals surface area contributed by atoms with Gasteiger partial charge in [-0.05, 0) is 25.8 Å². The summed E-state index contributed by atoms with van der Waals surface area (Å²) >= 11 is 0. The molecule has 19 heavy (non-hydrogen) atoms. The van der Waals surface area contributed by atoms with Crippen molar-refractivity contribution in [1.29, 1.82) is 0 Å². The zero-order valence-corrected chi connectivity index (χ0v) is 12.1. The minimum atomic E-state index is 0.124. The van der Waals surface area contributed by atoms with Crippen LogP contribution in [0.1, 0.15) is 50.3 Å². The molecule has 0 unspecified atom stereocenters. The number of amides is 1. The number of aromatic nitrogens is 2. The minimum Gasteiger partial charge on any atom is -0.352 e. The van der Waals surface area contributed by atoms with Crippen LogP contribution in [0.25, 0.3) is 0 Å². The van der Waals surface area contributed by atoms with E-state index in [9.17, 15) is 4.79 Å². The highest BCUT2D eigenvalue weighted by molar-refractivity contribution is 5.75. The molecule has 0 aliphatic heterocycles. The second-order valence-corrected chi connectivity index (χ2v) is 4.86. The molecule has 5 heteroatoms. The number of carbonyl (C=O) groups is 1. The van der Waals surface area contributed by atoms with Gasteiger partial charge in [0.2, 0.25) is 5.91 Å². The van der Waals surface area contributed by atoms with Gasteiger partial charge in [0.15, 0.2) is 0 Å². The summed E-state index contributed by atoms with van der Waals surface area (Å²) in [6.07, 6.45) is 7.67. The van der Waals surface area contributed by atoms with Crippen molar-refractivity contribution >= 4 is 5.91 Å². The van der Waals surface area contributed by atoms with Crippen LogP contribution >= 0.6 is 0 Å². The second kappa shape index (κ2) is 8.69. The van der Waals surface area contributed by atoms with E-state index < -0.39 is 0 Å². The second-order valence-electron chi connectivity index (χ2n) is 4.86. The molecule has 108 valence electrons. The Balaban J connectivity index is 2.22. The van der Waals surface area contributed by atoms with Crippen LogP contribution in [0.5, 0.6) is 0 Å². The smallest absolute Gasteiger partial charge is 0.220 e. The number of hydrogen-bond acceptors (Lipinski definition) is 3. The number of carbonyl (C=O) groups excluding carboxylic acids is 1. The van der Waals surface area contributed by atoms with E-state index >= 15 is 0 Å². The van der Waals surface area contributed by atoms with Crippen molar-refractivity contribution in [2.45, 2.75) is 52.0 Å². The van der Waals surface area contributed by atoms with Crippen LogP contribution in [0, 0.1) is 0 Å². The predicted octanol–water partition coefficient (Wildman–Crippen LogP) is 1.51. The highest BCUT2D eigenvalue weighted by atomic mass is 16.1. The normalized spacial score (nSPS) is 10.7. The first-order valence-corrected chi connectivity index (χ1v) is 7.15. The minimum absolute atomic E-state index is 0.124. The van der Waals surface area contributed by atoms with Gasteiger partial charge in [-0.3, -0.25) is 9.48 Å². The average molecular weight is 266 g/mol. The SMILES string of the molecule is CCc1nn(C)cc1CNC(=O)CCCCCCN. The molecule has 1 aromatic heterocycles. The predicted molar refractivity (Wildman–Crippen MR) is 76.6 cm³/mol. The Kier molecular flexibility index (Phi) is 7.18. The molecule has 0 spiro atoms. The van der Waals surface area contributed by atoms with Crippen molar-refractivity contribution in [3.05, 3.63) is 17.5 Å². The lowest BCUT2D eigenvalue weighted by Crippen LogP contribution is -2.22. The first kappa shape index (κ1) is 15.7. The van der Waals surface area contributed by atoms with Crippen molar-refractivity contribution in [1.82, 2.24) is 15.1 Å². The van der Waals surface area contributed by atoms with Gasteiger partial charge in [-0.1, -0.05) is 19.8 Å². The largest absolute Gasteiger partial charge is 0.352 e. The number of nitrogens with one attached hydrogen (secondary N) is 1. The van der Waals surface area contributed by atoms with Crippen LogP contribution in [0.15, 0.2) is 6.20 Å². The highest BCUT2D eigenvalue weighted by Gasteiger charge is 2.07. The Labute approximate surface area is 115 Å². The van der Waals surface area contributed by atoms with E-state index in [0.717, 1.165) is 49.9 Å². The van der Waals surface area contributed by atoms with Gasteiger partial charge in [-0.15, -0.1) is 0 Å². The van der Waals surface area contributed by atoms with Crippen LogP contribution in [0.4, 0.5) is 0 Å². The summed E-state index contributed by atoms with van der Waals surface area (Å²) in [7, 11) is 1.90. The lowest BCUT2D eigenvalue weighted by molar-refractivity contribution is -0.121. The first-order chi connectivity index (χ1) is 9.17. The van der Waals surface area contributed by atoms with E-state index in [2.05, 4.69) is 17.3 Å². The molecule has 1 heterocycles. The molecule has 0 aliphatic carbocycles. The average Bonchev–Trinajstić information content (AvgIpc) is 2.76. The van der Waals surface area contributed by atoms with Crippen LogP contribution in [0.3, 0.4) is 0 Å². The Hall–Kier alpha value is -1.36. The molecule has 0 saturated carbocycles. The Morgan fingerprint density at radius 3 is 2.79 bits per heavy atom. The fraction of sp³-hybridized carbons (Fsp3) is 0.714. The van der Waals surface area contributed by atoms with E-state index in [1.165, 1.54) is 0 Å². The molecule has 5 nitrogen and oxygen atoms in total. The number of rotatable bonds is 9. The third-order valence-electron chi connectivity index (χ3n) is 3.16. The van der Waals surface area contributed by atoms with Crippen LogP contribution in [-0.2, 0) is 24.8 Å². The lowest BCUT2D eigenvalue weighted by Gasteiger charge is -2.05. The fourth-order valence-electron chi connectivity index (χ4n) is 2.09. The number of aryl methyl sites for hydroxylation is 2. The summed E-state index contributed by atoms with van der Waals surface area (Å²) in [4.78, 5) is 11.7. The summed E-state index contributed by atoms with van der Waals surface area (Å²) in [6, 6.07) is 0. The Morgan fingerprint density at radius 2 is 2.11 bits per heavy atom. The topological polar surface area (TPSA) is 72.9 Å². The fourth-order valence-corrected chi connectivity index (χ4v) is 2.09. The van der Waals surface area contributed by atoms with Crippen molar-refractivity contribution < 1.29 is 4.79 Å². The molecule has 0 saturated heterocycles. The molecular formula is C14H26N4O. The van der Waals surface area contributed by atoms with Gasteiger partial charge in [0.25, 0.3) is 0 Å². The number of nitrogens with two attached hydrogens (primary N) is 1. The summed E-state index contributed by atoms with van der Waals surface area (Å²) < 4.78 is 1.80. The third-order valence-corrected chi connectivity index (χ3v) is 3.16. The number of unbranched alkanes of at least 4 members (excludes halogenated alkanes) is 3. The lowest BCUT2D eigenvalue weighted by atomic mass is 10.1. The Morgan fingerprint density at radius 1 is 1.37 bits per heavy atom. The van der Waals surface area contributed by atoms with E-state index in [4.69, 9.17) is 5.73 Å². The Bertz CT molecular complexity index is 387. The quantitative estimate of drug-likeness (QED) is 0.665. The molecule has 0 bridgehead atoms. The zero-order valence-electron chi connectivity index (χ0n) is 12.1. The van der Waals surface area contributed by atoms with Crippen LogP contribution in [0.2, 0.25) is 0 Å². The van der Waals surface area contributed by atoms with Crippen molar-refractivity contribution in [3.63, 3.8) is 0 Å². The van der Waals surface area contributed by atoms with Gasteiger partial charge in [0.05, 0.1) is 5.69 Å². The maximum absolute atomic E-state index is 11.7. The number of nitrogens with zero attached hydrogens (tertiary/aromatic N) is 2. The van der Waals surface area contributed by atoms with Gasteiger partial charge in [0, 0.05) is 31.8 Å². The molecule has 3 N–H and O–H groups in total. The third kappa shape index (κ3) is 5.87. The van der Waals surface area contributed by atoms with E-state index in [1.54, 1.807) is 4.68 Å². The van der Waals surface area contributed by atoms with Gasteiger partial charge >= 0.3 is 0 Å². The molecule has 0 atom stereocenters. The van der Waals surface area contributed by atoms with Crippen molar-refractivity contribution in [2.75, 3.05) is 6.54 Å². The highest BCUT2D eigenvalue weighted by Crippen LogP contribution is 2.07. The molecule has 1 amide bonds. The van der Waals surface area contributed by atoms with Crippen LogP contribution in [-0.4, -0.2) is 22.2 Å². The van der Waals surface area contributed by atoms with Crippen LogP contribution < -0.4 is 11.1 Å². The van der Waals surface area contributed by atoms with E-state index in [0.29, 0.717) is 13.0 Å². The summed E-state index contributed by atoms with van der Waals surface area (Å²) in [5, 5.41) is 7.32. The standard InChI is InChI=1S/C14H26N4O/c1-3-13-12(11-18(2)17-13)10-16-14(19)8-6-4-5-7-9-15/h11H,3-10,15H2,1-2H3,(H,16,19). The maximum atomic E-state index is 11.7. The first-order valence-electron chi connectivity index (χ1n) is 7.15. The molecule has 0 aliphatic rings. The molecule has 0 radical (unpaired) electrons. The van der Waals surface area contributed by atoms with Gasteiger partial charge in [-0.25, -0.2) is 0 Å². The molecular weight excluding hydrogens is 240 g/mol. The van der Waals surface area contributed by atoms with Crippen molar-refractivity contribution in [2.24, 2.45) is 12.8 Å². The molecule has 1 aromatic rings. The molecule has 0 aromatic carbocycles. The molecule has 1 rings (SSSR count). The summed E-state index contributed by atoms with van der Waals surface area (Å²) in [5.74, 6) is 0.124.